The minimum atomic E-state index is -0.420. The van der Waals surface area contributed by atoms with Crippen molar-refractivity contribution in [2.45, 2.75) is 5.16 Å². The maximum Gasteiger partial charge on any atom is 0.243 e. The van der Waals surface area contributed by atoms with Crippen LogP contribution in [0.4, 0.5) is 10.1 Å². The maximum absolute atomic E-state index is 12.8. The molecule has 2 aromatic carbocycles. The third kappa shape index (κ3) is 5.51. The molecule has 3 rings (SSSR count). The number of hydrogen-bond donors (Lipinski definition) is 2. The first-order valence-electron chi connectivity index (χ1n) is 8.00. The quantitative estimate of drug-likeness (QED) is 0.569. The van der Waals surface area contributed by atoms with Crippen LogP contribution in [0.1, 0.15) is 0 Å². The molecule has 2 amide bonds. The van der Waals surface area contributed by atoms with Gasteiger partial charge in [0.05, 0.1) is 18.0 Å². The average molecular weight is 421 g/mol. The van der Waals surface area contributed by atoms with E-state index >= 15 is 0 Å². The van der Waals surface area contributed by atoms with Crippen LogP contribution in [0.2, 0.25) is 5.02 Å². The highest BCUT2D eigenvalue weighted by Crippen LogP contribution is 2.19. The smallest absolute Gasteiger partial charge is 0.243 e. The van der Waals surface area contributed by atoms with Crippen molar-refractivity contribution in [3.8, 4) is 5.69 Å². The molecule has 11 heteroatoms. The molecule has 8 nitrogen and oxygen atoms in total. The highest BCUT2D eigenvalue weighted by atomic mass is 35.5. The van der Waals surface area contributed by atoms with Gasteiger partial charge in [-0.05, 0) is 59.0 Å². The number of nitrogens with zero attached hydrogens (tertiary/aromatic N) is 4. The van der Waals surface area contributed by atoms with Crippen molar-refractivity contribution in [3.63, 3.8) is 0 Å². The number of carbonyl (C=O) groups is 2. The Morgan fingerprint density at radius 1 is 1.07 bits per heavy atom. The fourth-order valence-electron chi connectivity index (χ4n) is 2.11. The molecule has 0 aliphatic carbocycles. The number of benzene rings is 2. The summed E-state index contributed by atoms with van der Waals surface area (Å²) in [5.74, 6) is -1.15. The van der Waals surface area contributed by atoms with Crippen LogP contribution in [-0.2, 0) is 9.59 Å². The lowest BCUT2D eigenvalue weighted by Gasteiger charge is -2.07. The molecule has 3 aromatic rings. The molecule has 0 aliphatic heterocycles. The second-order valence-electron chi connectivity index (χ2n) is 5.47. The van der Waals surface area contributed by atoms with Gasteiger partial charge in [0, 0.05) is 10.7 Å². The van der Waals surface area contributed by atoms with Crippen LogP contribution in [0, 0.1) is 5.82 Å². The highest BCUT2D eigenvalue weighted by molar-refractivity contribution is 7.99. The second-order valence-corrected chi connectivity index (χ2v) is 6.85. The number of thioether (sulfide) groups is 1. The number of nitrogens with one attached hydrogen (secondary N) is 2. The predicted octanol–water partition coefficient (Wildman–Crippen LogP) is 2.30. The molecule has 1 aromatic heterocycles. The van der Waals surface area contributed by atoms with Crippen LogP contribution in [0.5, 0.6) is 0 Å². The number of halogens is 2. The fraction of sp³-hybridized carbons (Fsp3) is 0.118. The molecule has 0 spiro atoms. The van der Waals surface area contributed by atoms with Crippen molar-refractivity contribution in [1.82, 2.24) is 25.5 Å². The van der Waals surface area contributed by atoms with Gasteiger partial charge in [-0.2, -0.15) is 4.68 Å². The topological polar surface area (TPSA) is 102 Å². The number of rotatable bonds is 7. The minimum Gasteiger partial charge on any atom is -0.346 e. The van der Waals surface area contributed by atoms with Crippen LogP contribution in [0.25, 0.3) is 5.69 Å². The number of hydrogen-bond acceptors (Lipinski definition) is 6. The maximum atomic E-state index is 12.8. The Bertz CT molecular complexity index is 965. The van der Waals surface area contributed by atoms with Crippen molar-refractivity contribution in [1.29, 1.82) is 0 Å². The van der Waals surface area contributed by atoms with E-state index < -0.39 is 11.7 Å². The molecule has 0 radical (unpaired) electrons. The molecule has 0 saturated carbocycles. The number of carbonyl (C=O) groups excluding carboxylic acids is 2. The molecule has 1 heterocycles. The second kappa shape index (κ2) is 9.29. The van der Waals surface area contributed by atoms with Gasteiger partial charge in [0.1, 0.15) is 5.82 Å². The molecule has 144 valence electrons. The lowest BCUT2D eigenvalue weighted by Crippen LogP contribution is -2.33. The van der Waals surface area contributed by atoms with E-state index in [0.29, 0.717) is 21.6 Å². The molecule has 0 atom stereocenters. The van der Waals surface area contributed by atoms with E-state index in [0.717, 1.165) is 11.8 Å². The van der Waals surface area contributed by atoms with Gasteiger partial charge in [-0.15, -0.1) is 5.10 Å². The summed E-state index contributed by atoms with van der Waals surface area (Å²) >= 11 is 6.99. The number of anilines is 1. The van der Waals surface area contributed by atoms with Crippen molar-refractivity contribution in [2.75, 3.05) is 17.6 Å². The molecular formula is C17H14ClFN6O2S. The van der Waals surface area contributed by atoms with Crippen molar-refractivity contribution in [3.05, 3.63) is 59.4 Å². The molecular weight excluding hydrogens is 407 g/mol. The minimum absolute atomic E-state index is 0.0256. The summed E-state index contributed by atoms with van der Waals surface area (Å²) in [5.41, 5.74) is 1.15. The van der Waals surface area contributed by atoms with E-state index in [1.807, 2.05) is 0 Å². The van der Waals surface area contributed by atoms with Gasteiger partial charge in [-0.3, -0.25) is 9.59 Å². The monoisotopic (exact) mass is 420 g/mol. The Kier molecular flexibility index (Phi) is 6.56. The summed E-state index contributed by atoms with van der Waals surface area (Å²) in [6, 6.07) is 12.2. The van der Waals surface area contributed by atoms with E-state index in [-0.39, 0.29) is 18.2 Å². The van der Waals surface area contributed by atoms with Crippen LogP contribution >= 0.6 is 23.4 Å². The zero-order valence-electron chi connectivity index (χ0n) is 14.3. The first kappa shape index (κ1) is 19.8. The van der Waals surface area contributed by atoms with E-state index in [2.05, 4.69) is 26.2 Å². The van der Waals surface area contributed by atoms with Gasteiger partial charge in [-0.1, -0.05) is 23.4 Å². The standard InChI is InChI=1S/C17H14ClFN6O2S/c18-11-1-7-14(8-2-11)25-17(22-23-24-25)28-10-16(27)20-9-15(26)21-13-5-3-12(19)4-6-13/h1-8H,9-10H2,(H,20,27)(H,21,26). The summed E-state index contributed by atoms with van der Waals surface area (Å²) < 4.78 is 14.3. The summed E-state index contributed by atoms with van der Waals surface area (Å²) in [6.07, 6.45) is 0. The van der Waals surface area contributed by atoms with Crippen molar-refractivity contribution >= 4 is 40.9 Å². The zero-order valence-corrected chi connectivity index (χ0v) is 15.9. The summed E-state index contributed by atoms with van der Waals surface area (Å²) in [7, 11) is 0. The lowest BCUT2D eigenvalue weighted by atomic mass is 10.3. The van der Waals surface area contributed by atoms with Gasteiger partial charge < -0.3 is 10.6 Å². The van der Waals surface area contributed by atoms with E-state index in [9.17, 15) is 14.0 Å². The molecule has 0 unspecified atom stereocenters. The predicted molar refractivity (Wildman–Crippen MR) is 103 cm³/mol. The Morgan fingerprint density at radius 3 is 2.50 bits per heavy atom. The fourth-order valence-corrected chi connectivity index (χ4v) is 2.96. The average Bonchev–Trinajstić information content (AvgIpc) is 3.16. The first-order chi connectivity index (χ1) is 13.5. The van der Waals surface area contributed by atoms with Gasteiger partial charge in [0.15, 0.2) is 0 Å². The lowest BCUT2D eigenvalue weighted by molar-refractivity contribution is -0.122. The molecule has 0 aliphatic rings. The van der Waals surface area contributed by atoms with Gasteiger partial charge in [-0.25, -0.2) is 4.39 Å². The Hall–Kier alpha value is -2.98. The van der Waals surface area contributed by atoms with Gasteiger partial charge >= 0.3 is 0 Å². The van der Waals surface area contributed by atoms with Crippen LogP contribution in [0.3, 0.4) is 0 Å². The van der Waals surface area contributed by atoms with Crippen LogP contribution in [0.15, 0.2) is 53.7 Å². The highest BCUT2D eigenvalue weighted by Gasteiger charge is 2.12. The molecule has 0 fully saturated rings. The largest absolute Gasteiger partial charge is 0.346 e. The SMILES string of the molecule is O=C(CSc1nnnn1-c1ccc(Cl)cc1)NCC(=O)Nc1ccc(F)cc1. The Labute approximate surface area is 168 Å². The molecule has 0 saturated heterocycles. The molecule has 0 bridgehead atoms. The van der Waals surface area contributed by atoms with Crippen LogP contribution in [-0.4, -0.2) is 44.3 Å². The number of tetrazole rings is 1. The van der Waals surface area contributed by atoms with Gasteiger partial charge in [0.2, 0.25) is 17.0 Å². The molecule has 2 N–H and O–H groups in total. The van der Waals surface area contributed by atoms with Crippen molar-refractivity contribution < 1.29 is 14.0 Å². The first-order valence-corrected chi connectivity index (χ1v) is 9.37. The Balaban J connectivity index is 1.47. The number of aromatic nitrogens is 4. The number of amides is 2. The third-order valence-electron chi connectivity index (χ3n) is 3.42. The summed E-state index contributed by atoms with van der Waals surface area (Å²) in [6.45, 7) is -0.209. The van der Waals surface area contributed by atoms with E-state index in [4.69, 9.17) is 11.6 Å². The summed E-state index contributed by atoms with van der Waals surface area (Å²) in [5, 5.41) is 17.5. The van der Waals surface area contributed by atoms with Gasteiger partial charge in [0.25, 0.3) is 0 Å². The summed E-state index contributed by atoms with van der Waals surface area (Å²) in [4.78, 5) is 23.8. The van der Waals surface area contributed by atoms with E-state index in [1.54, 1.807) is 24.3 Å². The normalized spacial score (nSPS) is 10.5. The molecule has 28 heavy (non-hydrogen) atoms. The van der Waals surface area contributed by atoms with E-state index in [1.165, 1.54) is 28.9 Å². The zero-order chi connectivity index (χ0) is 19.9. The van der Waals surface area contributed by atoms with Crippen molar-refractivity contribution in [2.24, 2.45) is 0 Å². The van der Waals surface area contributed by atoms with Crippen LogP contribution < -0.4 is 10.6 Å². The Morgan fingerprint density at radius 2 is 1.79 bits per heavy atom. The third-order valence-corrected chi connectivity index (χ3v) is 4.59.